The third kappa shape index (κ3) is 3.43. The van der Waals surface area contributed by atoms with E-state index in [9.17, 15) is 13.6 Å². The summed E-state index contributed by atoms with van der Waals surface area (Å²) in [5.74, 6) is -1.85. The number of anilines is 1. The Morgan fingerprint density at radius 3 is 2.29 bits per heavy atom. The first-order valence-electron chi connectivity index (χ1n) is 7.18. The highest BCUT2D eigenvalue weighted by atomic mass is 19.1. The van der Waals surface area contributed by atoms with Crippen LogP contribution in [0.25, 0.3) is 11.4 Å². The summed E-state index contributed by atoms with van der Waals surface area (Å²) < 4.78 is 26.5. The topological polar surface area (TPSA) is 54.9 Å². The maximum atomic E-state index is 13.6. The Morgan fingerprint density at radius 1 is 1.00 bits per heavy atom. The first-order chi connectivity index (χ1) is 11.5. The van der Waals surface area contributed by atoms with Crippen LogP contribution < -0.4 is 5.32 Å². The van der Waals surface area contributed by atoms with Crippen molar-refractivity contribution < 1.29 is 13.6 Å². The van der Waals surface area contributed by atoms with Crippen molar-refractivity contribution in [2.75, 3.05) is 5.32 Å². The lowest BCUT2D eigenvalue weighted by molar-refractivity contribution is 0.102. The lowest BCUT2D eigenvalue weighted by Gasteiger charge is -2.06. The van der Waals surface area contributed by atoms with E-state index in [1.165, 1.54) is 12.4 Å². The van der Waals surface area contributed by atoms with Gasteiger partial charge < -0.3 is 5.32 Å². The summed E-state index contributed by atoms with van der Waals surface area (Å²) in [5, 5.41) is 2.48. The molecule has 3 aromatic rings. The van der Waals surface area contributed by atoms with E-state index in [2.05, 4.69) is 15.3 Å². The second-order valence-electron chi connectivity index (χ2n) is 5.24. The number of nitrogens with one attached hydrogen (secondary N) is 1. The van der Waals surface area contributed by atoms with Crippen LogP contribution >= 0.6 is 0 Å². The van der Waals surface area contributed by atoms with Crippen LogP contribution in [0.5, 0.6) is 0 Å². The minimum Gasteiger partial charge on any atom is -0.319 e. The van der Waals surface area contributed by atoms with Gasteiger partial charge in [-0.3, -0.25) is 4.79 Å². The third-order valence-electron chi connectivity index (χ3n) is 3.40. The number of carbonyl (C=O) groups excluding carboxylic acids is 1. The number of rotatable bonds is 3. The summed E-state index contributed by atoms with van der Waals surface area (Å²) in [6, 6.07) is 10.5. The first-order valence-corrected chi connectivity index (χ1v) is 7.18. The van der Waals surface area contributed by atoms with Crippen LogP contribution in [0.3, 0.4) is 0 Å². The molecule has 0 saturated heterocycles. The normalized spacial score (nSPS) is 10.5. The molecule has 0 bridgehead atoms. The predicted octanol–water partition coefficient (Wildman–Crippen LogP) is 3.98. The number of amides is 1. The van der Waals surface area contributed by atoms with E-state index < -0.39 is 17.5 Å². The molecule has 0 saturated carbocycles. The molecule has 2 aromatic carbocycles. The molecule has 4 nitrogen and oxygen atoms in total. The van der Waals surface area contributed by atoms with Crippen molar-refractivity contribution in [2.45, 2.75) is 6.92 Å². The zero-order valence-electron chi connectivity index (χ0n) is 12.8. The molecule has 1 amide bonds. The fourth-order valence-corrected chi connectivity index (χ4v) is 2.12. The molecule has 1 heterocycles. The van der Waals surface area contributed by atoms with E-state index in [-0.39, 0.29) is 5.56 Å². The van der Waals surface area contributed by atoms with Gasteiger partial charge >= 0.3 is 0 Å². The van der Waals surface area contributed by atoms with E-state index in [0.29, 0.717) is 17.6 Å². The van der Waals surface area contributed by atoms with Crippen LogP contribution in [-0.2, 0) is 0 Å². The molecule has 3 rings (SSSR count). The number of hydrogen-bond donors (Lipinski definition) is 1. The smallest absolute Gasteiger partial charge is 0.258 e. The molecule has 1 N–H and O–H groups in total. The Hall–Kier alpha value is -3.15. The fraction of sp³-hybridized carbons (Fsp3) is 0.0556. The predicted molar refractivity (Wildman–Crippen MR) is 86.5 cm³/mol. The summed E-state index contributed by atoms with van der Waals surface area (Å²) in [5.41, 5.74) is 2.05. The number of aryl methyl sites for hydroxylation is 1. The average Bonchev–Trinajstić information content (AvgIpc) is 2.56. The van der Waals surface area contributed by atoms with Gasteiger partial charge in [0.05, 0.1) is 23.6 Å². The molecule has 1 aromatic heterocycles. The van der Waals surface area contributed by atoms with Gasteiger partial charge in [0.25, 0.3) is 5.91 Å². The van der Waals surface area contributed by atoms with Crippen LogP contribution in [0.2, 0.25) is 0 Å². The molecular formula is C18H13F2N3O. The van der Waals surface area contributed by atoms with Gasteiger partial charge in [-0.2, -0.15) is 0 Å². The lowest BCUT2D eigenvalue weighted by Crippen LogP contribution is -2.14. The van der Waals surface area contributed by atoms with Gasteiger partial charge in [0, 0.05) is 11.6 Å². The van der Waals surface area contributed by atoms with Gasteiger partial charge in [-0.1, -0.05) is 29.8 Å². The highest BCUT2D eigenvalue weighted by Gasteiger charge is 2.13. The maximum absolute atomic E-state index is 13.6. The van der Waals surface area contributed by atoms with E-state index >= 15 is 0 Å². The molecule has 24 heavy (non-hydrogen) atoms. The molecule has 0 fully saturated rings. The average molecular weight is 325 g/mol. The Morgan fingerprint density at radius 2 is 1.67 bits per heavy atom. The fourth-order valence-electron chi connectivity index (χ4n) is 2.12. The maximum Gasteiger partial charge on any atom is 0.258 e. The van der Waals surface area contributed by atoms with Crippen molar-refractivity contribution in [1.29, 1.82) is 0 Å². The quantitative estimate of drug-likeness (QED) is 0.792. The van der Waals surface area contributed by atoms with Gasteiger partial charge in [0.1, 0.15) is 11.6 Å². The van der Waals surface area contributed by atoms with Gasteiger partial charge in [0.15, 0.2) is 5.82 Å². The second-order valence-corrected chi connectivity index (χ2v) is 5.24. The Labute approximate surface area is 137 Å². The van der Waals surface area contributed by atoms with E-state index in [0.717, 1.165) is 23.3 Å². The van der Waals surface area contributed by atoms with Gasteiger partial charge in [-0.25, -0.2) is 18.7 Å². The summed E-state index contributed by atoms with van der Waals surface area (Å²) in [6.07, 6.45) is 2.86. The van der Waals surface area contributed by atoms with Crippen LogP contribution in [0.15, 0.2) is 54.9 Å². The molecule has 0 spiro atoms. The number of hydrogen-bond acceptors (Lipinski definition) is 3. The molecule has 0 unspecified atom stereocenters. The number of halogens is 2. The zero-order valence-corrected chi connectivity index (χ0v) is 12.8. The molecule has 0 radical (unpaired) electrons. The standard InChI is InChI=1S/C18H13F2N3O/c1-11-2-4-12(5-3-11)17-21-9-14(10-22-17)23-18(24)15-7-6-13(19)8-16(15)20/h2-10H,1H3,(H,23,24). The molecule has 6 heteroatoms. The highest BCUT2D eigenvalue weighted by Crippen LogP contribution is 2.17. The number of carbonyl (C=O) groups is 1. The Kier molecular flexibility index (Phi) is 4.29. The first kappa shape index (κ1) is 15.7. The van der Waals surface area contributed by atoms with Gasteiger partial charge in [-0.15, -0.1) is 0 Å². The third-order valence-corrected chi connectivity index (χ3v) is 3.40. The van der Waals surface area contributed by atoms with Gasteiger partial charge in [-0.05, 0) is 19.1 Å². The number of aromatic nitrogens is 2. The Balaban J connectivity index is 1.76. The Bertz CT molecular complexity index is 878. The summed E-state index contributed by atoms with van der Waals surface area (Å²) in [4.78, 5) is 20.4. The molecule has 0 aliphatic rings. The van der Waals surface area contributed by atoms with E-state index in [4.69, 9.17) is 0 Å². The summed E-state index contributed by atoms with van der Waals surface area (Å²) >= 11 is 0. The van der Waals surface area contributed by atoms with Crippen LogP contribution in [0.1, 0.15) is 15.9 Å². The minimum absolute atomic E-state index is 0.251. The van der Waals surface area contributed by atoms with E-state index in [1.54, 1.807) is 0 Å². The highest BCUT2D eigenvalue weighted by molar-refractivity contribution is 6.04. The molecule has 0 atom stereocenters. The van der Waals surface area contributed by atoms with Crippen molar-refractivity contribution in [2.24, 2.45) is 0 Å². The van der Waals surface area contributed by atoms with Crippen LogP contribution in [0, 0.1) is 18.6 Å². The van der Waals surface area contributed by atoms with E-state index in [1.807, 2.05) is 31.2 Å². The largest absolute Gasteiger partial charge is 0.319 e. The van der Waals surface area contributed by atoms with Crippen molar-refractivity contribution in [3.8, 4) is 11.4 Å². The van der Waals surface area contributed by atoms with Crippen molar-refractivity contribution in [3.05, 3.63) is 77.6 Å². The van der Waals surface area contributed by atoms with Crippen LogP contribution in [0.4, 0.5) is 14.5 Å². The molecular weight excluding hydrogens is 312 g/mol. The van der Waals surface area contributed by atoms with Crippen molar-refractivity contribution in [1.82, 2.24) is 9.97 Å². The second kappa shape index (κ2) is 6.54. The minimum atomic E-state index is -0.926. The summed E-state index contributed by atoms with van der Waals surface area (Å²) in [6.45, 7) is 1.98. The summed E-state index contributed by atoms with van der Waals surface area (Å²) in [7, 11) is 0. The van der Waals surface area contributed by atoms with Gasteiger partial charge in [0.2, 0.25) is 0 Å². The monoisotopic (exact) mass is 325 g/mol. The molecule has 0 aliphatic heterocycles. The zero-order chi connectivity index (χ0) is 17.1. The number of nitrogens with zero attached hydrogens (tertiary/aromatic N) is 2. The molecule has 120 valence electrons. The van der Waals surface area contributed by atoms with Crippen molar-refractivity contribution in [3.63, 3.8) is 0 Å². The number of benzene rings is 2. The SMILES string of the molecule is Cc1ccc(-c2ncc(NC(=O)c3ccc(F)cc3F)cn2)cc1. The molecule has 0 aliphatic carbocycles. The van der Waals surface area contributed by atoms with Crippen LogP contribution in [-0.4, -0.2) is 15.9 Å². The van der Waals surface area contributed by atoms with Crippen molar-refractivity contribution >= 4 is 11.6 Å². The lowest BCUT2D eigenvalue weighted by atomic mass is 10.1.